The van der Waals surface area contributed by atoms with Crippen LogP contribution < -0.4 is 0 Å². The maximum Gasteiger partial charge on any atom is 0.244 e. The Morgan fingerprint density at radius 1 is 1.24 bits per heavy atom. The maximum absolute atomic E-state index is 12.6. The molecule has 2 aromatic rings. The van der Waals surface area contributed by atoms with Gasteiger partial charge < -0.3 is 0 Å². The molecule has 1 aliphatic heterocycles. The number of aromatic nitrogens is 3. The summed E-state index contributed by atoms with van der Waals surface area (Å²) >= 11 is 0. The lowest BCUT2D eigenvalue weighted by molar-refractivity contribution is 0.0614. The smallest absolute Gasteiger partial charge is 0.244 e. The van der Waals surface area contributed by atoms with Gasteiger partial charge in [0.25, 0.3) is 0 Å². The zero-order valence-electron chi connectivity index (χ0n) is 12.6. The summed E-state index contributed by atoms with van der Waals surface area (Å²) in [7, 11) is -1.65. The molecular formula is C14H20N4O2S. The molecular weight excluding hydrogens is 288 g/mol. The lowest BCUT2D eigenvalue weighted by Gasteiger charge is -2.48. The van der Waals surface area contributed by atoms with Gasteiger partial charge >= 0.3 is 0 Å². The molecule has 0 amide bonds. The lowest BCUT2D eigenvalue weighted by Crippen LogP contribution is -2.57. The van der Waals surface area contributed by atoms with E-state index in [1.807, 2.05) is 0 Å². The zero-order valence-corrected chi connectivity index (χ0v) is 13.4. The highest BCUT2D eigenvalue weighted by Gasteiger charge is 2.46. The van der Waals surface area contributed by atoms with Gasteiger partial charge in [-0.15, -0.1) is 0 Å². The Morgan fingerprint density at radius 3 is 2.52 bits per heavy atom. The van der Waals surface area contributed by atoms with Crippen LogP contribution in [0.15, 0.2) is 23.4 Å². The predicted molar refractivity (Wildman–Crippen MR) is 80.3 cm³/mol. The molecule has 0 atom stereocenters. The summed E-state index contributed by atoms with van der Waals surface area (Å²) in [6.45, 7) is 5.45. The first-order valence-electron chi connectivity index (χ1n) is 7.20. The quantitative estimate of drug-likeness (QED) is 0.863. The minimum atomic E-state index is -3.44. The summed E-state index contributed by atoms with van der Waals surface area (Å²) in [5.41, 5.74) is 0.841. The van der Waals surface area contributed by atoms with E-state index in [2.05, 4.69) is 23.9 Å². The van der Waals surface area contributed by atoms with Crippen molar-refractivity contribution in [2.75, 3.05) is 13.1 Å². The third-order valence-electron chi connectivity index (χ3n) is 4.71. The number of hydrogen-bond acceptors (Lipinski definition) is 4. The second-order valence-corrected chi connectivity index (χ2v) is 7.77. The van der Waals surface area contributed by atoms with E-state index in [0.29, 0.717) is 18.7 Å². The number of aryl methyl sites for hydroxylation is 1. The van der Waals surface area contributed by atoms with Crippen LogP contribution in [0.5, 0.6) is 0 Å². The Bertz CT molecular complexity index is 769. The average Bonchev–Trinajstić information content (AvgIpc) is 2.80. The van der Waals surface area contributed by atoms with Gasteiger partial charge in [-0.3, -0.25) is 4.68 Å². The van der Waals surface area contributed by atoms with Crippen LogP contribution in [0, 0.1) is 5.41 Å². The van der Waals surface area contributed by atoms with Gasteiger partial charge in [-0.2, -0.15) is 9.40 Å². The van der Waals surface area contributed by atoms with Crippen molar-refractivity contribution in [3.05, 3.63) is 18.5 Å². The van der Waals surface area contributed by atoms with Gasteiger partial charge in [0.05, 0.1) is 6.20 Å². The highest BCUT2D eigenvalue weighted by Crippen LogP contribution is 2.40. The van der Waals surface area contributed by atoms with Crippen molar-refractivity contribution < 1.29 is 8.42 Å². The molecule has 0 N–H and O–H groups in total. The van der Waals surface area contributed by atoms with Crippen LogP contribution in [0.4, 0.5) is 0 Å². The molecule has 0 aromatic carbocycles. The van der Waals surface area contributed by atoms with E-state index in [0.717, 1.165) is 18.2 Å². The maximum atomic E-state index is 12.6. The molecule has 7 heteroatoms. The van der Waals surface area contributed by atoms with Crippen molar-refractivity contribution in [3.8, 4) is 0 Å². The highest BCUT2D eigenvalue weighted by molar-refractivity contribution is 7.89. The van der Waals surface area contributed by atoms with Crippen LogP contribution in [-0.4, -0.2) is 40.6 Å². The fourth-order valence-corrected chi connectivity index (χ4v) is 4.53. The molecule has 6 nitrogen and oxygen atoms in total. The van der Waals surface area contributed by atoms with Gasteiger partial charge in [0.15, 0.2) is 5.65 Å². The van der Waals surface area contributed by atoms with E-state index in [4.69, 9.17) is 0 Å². The van der Waals surface area contributed by atoms with E-state index in [-0.39, 0.29) is 10.3 Å². The standard InChI is InChI=1S/C14H20N4O2S/c1-4-14(5-2)9-18(10-14)21(19,20)12-6-11-7-16-17(3)13(11)15-8-12/h6-8H,4-5,9-10H2,1-3H3. The monoisotopic (exact) mass is 308 g/mol. The third-order valence-corrected chi connectivity index (χ3v) is 6.46. The van der Waals surface area contributed by atoms with Crippen molar-refractivity contribution in [2.45, 2.75) is 31.6 Å². The van der Waals surface area contributed by atoms with Crippen molar-refractivity contribution >= 4 is 21.1 Å². The number of pyridine rings is 1. The van der Waals surface area contributed by atoms with E-state index >= 15 is 0 Å². The second kappa shape index (κ2) is 4.78. The van der Waals surface area contributed by atoms with Gasteiger partial charge in [0.1, 0.15) is 4.90 Å². The minimum absolute atomic E-state index is 0.152. The molecule has 0 saturated carbocycles. The van der Waals surface area contributed by atoms with Crippen LogP contribution in [-0.2, 0) is 17.1 Å². The topological polar surface area (TPSA) is 68.1 Å². The van der Waals surface area contributed by atoms with E-state index < -0.39 is 10.0 Å². The Hall–Kier alpha value is -1.47. The average molecular weight is 308 g/mol. The number of nitrogens with zero attached hydrogens (tertiary/aromatic N) is 4. The summed E-state index contributed by atoms with van der Waals surface area (Å²) in [6.07, 6.45) is 5.09. The van der Waals surface area contributed by atoms with Crippen LogP contribution >= 0.6 is 0 Å². The first-order chi connectivity index (χ1) is 9.92. The number of hydrogen-bond donors (Lipinski definition) is 0. The molecule has 2 aromatic heterocycles. The zero-order chi connectivity index (χ0) is 15.3. The van der Waals surface area contributed by atoms with Crippen LogP contribution in [0.3, 0.4) is 0 Å². The third kappa shape index (κ3) is 2.15. The second-order valence-electron chi connectivity index (χ2n) is 5.83. The molecule has 0 bridgehead atoms. The van der Waals surface area contributed by atoms with E-state index in [1.54, 1.807) is 28.3 Å². The minimum Gasteiger partial charge on any atom is -0.250 e. The van der Waals surface area contributed by atoms with Gasteiger partial charge in [-0.1, -0.05) is 13.8 Å². The summed E-state index contributed by atoms with van der Waals surface area (Å²) in [5.74, 6) is 0. The molecule has 3 heterocycles. The summed E-state index contributed by atoms with van der Waals surface area (Å²) in [4.78, 5) is 4.47. The first kappa shape index (κ1) is 14.5. The Labute approximate surface area is 124 Å². The molecule has 21 heavy (non-hydrogen) atoms. The highest BCUT2D eigenvalue weighted by atomic mass is 32.2. The number of fused-ring (bicyclic) bond motifs is 1. The fourth-order valence-electron chi connectivity index (χ4n) is 2.88. The largest absolute Gasteiger partial charge is 0.250 e. The Kier molecular flexibility index (Phi) is 3.29. The summed E-state index contributed by atoms with van der Waals surface area (Å²) in [5, 5.41) is 4.84. The molecule has 3 rings (SSSR count). The van der Waals surface area contributed by atoms with Crippen LogP contribution in [0.25, 0.3) is 11.0 Å². The van der Waals surface area contributed by atoms with Crippen molar-refractivity contribution in [2.24, 2.45) is 12.5 Å². The van der Waals surface area contributed by atoms with Gasteiger partial charge in [-0.25, -0.2) is 13.4 Å². The number of sulfonamides is 1. The SMILES string of the molecule is CCC1(CC)CN(S(=O)(=O)c2cnc3c(cnn3C)c2)C1. The normalized spacial score (nSPS) is 18.8. The van der Waals surface area contributed by atoms with Crippen LogP contribution in [0.1, 0.15) is 26.7 Å². The molecule has 1 fully saturated rings. The van der Waals surface area contributed by atoms with Gasteiger partial charge in [0, 0.05) is 31.7 Å². The summed E-state index contributed by atoms with van der Waals surface area (Å²) < 4.78 is 28.5. The fraction of sp³-hybridized carbons (Fsp3) is 0.571. The predicted octanol–water partition coefficient (Wildman–Crippen LogP) is 1.78. The molecule has 0 unspecified atom stereocenters. The van der Waals surface area contributed by atoms with Crippen molar-refractivity contribution in [1.29, 1.82) is 0 Å². The first-order valence-corrected chi connectivity index (χ1v) is 8.64. The van der Waals surface area contributed by atoms with Crippen LogP contribution in [0.2, 0.25) is 0 Å². The van der Waals surface area contributed by atoms with E-state index in [1.165, 1.54) is 6.20 Å². The molecule has 1 saturated heterocycles. The van der Waals surface area contributed by atoms with Gasteiger partial charge in [0.2, 0.25) is 10.0 Å². The summed E-state index contributed by atoms with van der Waals surface area (Å²) in [6, 6.07) is 1.66. The Morgan fingerprint density at radius 2 is 1.90 bits per heavy atom. The van der Waals surface area contributed by atoms with Gasteiger partial charge in [-0.05, 0) is 24.3 Å². The lowest BCUT2D eigenvalue weighted by atomic mass is 9.77. The van der Waals surface area contributed by atoms with E-state index in [9.17, 15) is 8.42 Å². The molecule has 0 spiro atoms. The van der Waals surface area contributed by atoms with Crippen molar-refractivity contribution in [1.82, 2.24) is 19.1 Å². The molecule has 114 valence electrons. The Balaban J connectivity index is 1.91. The number of rotatable bonds is 4. The van der Waals surface area contributed by atoms with Crippen molar-refractivity contribution in [3.63, 3.8) is 0 Å². The molecule has 1 aliphatic rings. The molecule has 0 aliphatic carbocycles. The molecule has 0 radical (unpaired) electrons.